The number of nitrogens with one attached hydrogen (secondary N) is 1. The van der Waals surface area contributed by atoms with Gasteiger partial charge in [-0.3, -0.25) is 10.2 Å². The van der Waals surface area contributed by atoms with Crippen LogP contribution in [0, 0.1) is 0 Å². The summed E-state index contributed by atoms with van der Waals surface area (Å²) in [5.74, 6) is 0.962. The normalized spacial score (nSPS) is 11.7. The first-order chi connectivity index (χ1) is 6.24. The van der Waals surface area contributed by atoms with Crippen LogP contribution >= 0.6 is 0 Å². The lowest BCUT2D eigenvalue weighted by Gasteiger charge is -1.99. The fourth-order valence-electron chi connectivity index (χ4n) is 0.949. The number of aliphatic imine (C=N–C) groups is 1. The largest absolute Gasteiger partial charge is 0.368 e. The summed E-state index contributed by atoms with van der Waals surface area (Å²) in [7, 11) is 1.92. The molecule has 0 aliphatic rings. The molecule has 0 amide bonds. The number of nitrogens with two attached hydrogens (primary N) is 1. The van der Waals surface area contributed by atoms with Gasteiger partial charge in [-0.05, 0) is 0 Å². The smallest absolute Gasteiger partial charge is 0.212 e. The lowest BCUT2D eigenvalue weighted by Crippen LogP contribution is -2.28. The van der Waals surface area contributed by atoms with Gasteiger partial charge in [0.2, 0.25) is 5.96 Å². The van der Waals surface area contributed by atoms with Crippen molar-refractivity contribution in [1.29, 1.82) is 0 Å². The van der Waals surface area contributed by atoms with Crippen molar-refractivity contribution < 1.29 is 5.21 Å². The van der Waals surface area contributed by atoms with Gasteiger partial charge in [-0.25, -0.2) is 10.5 Å². The molecule has 0 aliphatic carbocycles. The zero-order chi connectivity index (χ0) is 9.68. The molecule has 0 aromatic carbocycles. The van der Waals surface area contributed by atoms with Crippen molar-refractivity contribution in [3.05, 3.63) is 18.2 Å². The lowest BCUT2D eigenvalue weighted by atomic mass is 10.4. The first-order valence-electron chi connectivity index (χ1n) is 3.90. The van der Waals surface area contributed by atoms with Crippen molar-refractivity contribution >= 4 is 5.96 Å². The van der Waals surface area contributed by atoms with Gasteiger partial charge in [0.25, 0.3) is 0 Å². The van der Waals surface area contributed by atoms with Crippen molar-refractivity contribution in [3.63, 3.8) is 0 Å². The Morgan fingerprint density at radius 3 is 3.15 bits per heavy atom. The number of imidazole rings is 1. The maximum atomic E-state index is 8.32. The Balaban J connectivity index is 2.40. The van der Waals surface area contributed by atoms with E-state index in [1.165, 1.54) is 0 Å². The maximum absolute atomic E-state index is 8.32. The van der Waals surface area contributed by atoms with Gasteiger partial charge < -0.3 is 10.3 Å². The minimum Gasteiger partial charge on any atom is -0.368 e. The number of aryl methyl sites for hydroxylation is 1. The van der Waals surface area contributed by atoms with Crippen LogP contribution in [-0.4, -0.2) is 27.3 Å². The first-order valence-corrected chi connectivity index (χ1v) is 3.90. The Labute approximate surface area is 76.1 Å². The number of guanidine groups is 1. The summed E-state index contributed by atoms with van der Waals surface area (Å²) in [5, 5.41) is 8.32. The average molecular weight is 183 g/mol. The van der Waals surface area contributed by atoms with Crippen molar-refractivity contribution in [2.45, 2.75) is 6.42 Å². The fraction of sp³-hybridized carbons (Fsp3) is 0.429. The molecule has 1 heterocycles. The molecular formula is C7H13N5O. The van der Waals surface area contributed by atoms with Crippen LogP contribution in [0.25, 0.3) is 0 Å². The minimum absolute atomic E-state index is 0.0224. The molecule has 0 aliphatic heterocycles. The molecule has 0 spiro atoms. The second-order valence-corrected chi connectivity index (χ2v) is 2.58. The predicted octanol–water partition coefficient (Wildman–Crippen LogP) is -0.744. The number of hydroxylamine groups is 1. The summed E-state index contributed by atoms with van der Waals surface area (Å²) in [5.41, 5.74) is 6.97. The molecule has 1 aromatic heterocycles. The van der Waals surface area contributed by atoms with Crippen molar-refractivity contribution in [2.24, 2.45) is 17.8 Å². The SMILES string of the molecule is Cn1ccnc1CCN=C(N)NO. The summed E-state index contributed by atoms with van der Waals surface area (Å²) in [6.45, 7) is 0.504. The zero-order valence-corrected chi connectivity index (χ0v) is 7.44. The van der Waals surface area contributed by atoms with E-state index < -0.39 is 0 Å². The van der Waals surface area contributed by atoms with E-state index in [-0.39, 0.29) is 5.96 Å². The molecule has 6 heteroatoms. The second kappa shape index (κ2) is 4.46. The van der Waals surface area contributed by atoms with Crippen molar-refractivity contribution in [3.8, 4) is 0 Å². The van der Waals surface area contributed by atoms with Crippen LogP contribution in [0.2, 0.25) is 0 Å². The van der Waals surface area contributed by atoms with Gasteiger partial charge >= 0.3 is 0 Å². The van der Waals surface area contributed by atoms with E-state index in [1.54, 1.807) is 11.7 Å². The second-order valence-electron chi connectivity index (χ2n) is 2.58. The van der Waals surface area contributed by atoms with Gasteiger partial charge in [0.1, 0.15) is 5.82 Å². The quantitative estimate of drug-likeness (QED) is 0.327. The molecule has 0 atom stereocenters. The molecular weight excluding hydrogens is 170 g/mol. The summed E-state index contributed by atoms with van der Waals surface area (Å²) in [6.07, 6.45) is 4.30. The van der Waals surface area contributed by atoms with Gasteiger partial charge in [-0.1, -0.05) is 0 Å². The van der Waals surface area contributed by atoms with Gasteiger partial charge in [-0.15, -0.1) is 0 Å². The number of nitrogens with zero attached hydrogens (tertiary/aromatic N) is 3. The highest BCUT2D eigenvalue weighted by Gasteiger charge is 1.97. The maximum Gasteiger partial charge on any atom is 0.212 e. The van der Waals surface area contributed by atoms with Crippen molar-refractivity contribution in [2.75, 3.05) is 6.54 Å². The Bertz CT molecular complexity index is 293. The van der Waals surface area contributed by atoms with Crippen LogP contribution in [0.4, 0.5) is 0 Å². The van der Waals surface area contributed by atoms with E-state index in [0.717, 1.165) is 5.82 Å². The van der Waals surface area contributed by atoms with Crippen LogP contribution in [-0.2, 0) is 13.5 Å². The molecule has 0 saturated carbocycles. The molecule has 4 N–H and O–H groups in total. The standard InChI is InChI=1S/C7H13N5O/c1-12-5-4-9-6(12)2-3-10-7(8)11-13/h4-5,13H,2-3H2,1H3,(H3,8,10,11). The monoisotopic (exact) mass is 183 g/mol. The summed E-state index contributed by atoms with van der Waals surface area (Å²) < 4.78 is 1.91. The third-order valence-electron chi connectivity index (χ3n) is 1.65. The van der Waals surface area contributed by atoms with Gasteiger partial charge in [-0.2, -0.15) is 0 Å². The highest BCUT2D eigenvalue weighted by Crippen LogP contribution is 1.94. The molecule has 1 aromatic rings. The molecule has 13 heavy (non-hydrogen) atoms. The van der Waals surface area contributed by atoms with Crippen LogP contribution < -0.4 is 11.2 Å². The first kappa shape index (κ1) is 9.53. The molecule has 0 unspecified atom stereocenters. The van der Waals surface area contributed by atoms with E-state index in [1.807, 2.05) is 17.8 Å². The van der Waals surface area contributed by atoms with Crippen LogP contribution in [0.1, 0.15) is 5.82 Å². The number of rotatable bonds is 3. The fourth-order valence-corrected chi connectivity index (χ4v) is 0.949. The molecule has 0 bridgehead atoms. The Hall–Kier alpha value is -1.56. The van der Waals surface area contributed by atoms with E-state index >= 15 is 0 Å². The zero-order valence-electron chi connectivity index (χ0n) is 7.44. The lowest BCUT2D eigenvalue weighted by molar-refractivity contribution is 0.232. The molecule has 1 rings (SSSR count). The van der Waals surface area contributed by atoms with Crippen LogP contribution in [0.3, 0.4) is 0 Å². The van der Waals surface area contributed by atoms with Gasteiger partial charge in [0.05, 0.1) is 0 Å². The van der Waals surface area contributed by atoms with Crippen molar-refractivity contribution in [1.82, 2.24) is 15.0 Å². The number of hydrogen-bond donors (Lipinski definition) is 3. The molecule has 72 valence electrons. The highest BCUT2D eigenvalue weighted by atomic mass is 16.5. The molecule has 6 nitrogen and oxygen atoms in total. The minimum atomic E-state index is 0.0224. The highest BCUT2D eigenvalue weighted by molar-refractivity contribution is 5.76. The van der Waals surface area contributed by atoms with E-state index in [9.17, 15) is 0 Å². The van der Waals surface area contributed by atoms with Crippen LogP contribution in [0.5, 0.6) is 0 Å². The number of hydrogen-bond acceptors (Lipinski definition) is 3. The van der Waals surface area contributed by atoms with Gasteiger partial charge in [0.15, 0.2) is 0 Å². The van der Waals surface area contributed by atoms with Gasteiger partial charge in [0, 0.05) is 32.4 Å². The molecule has 0 radical (unpaired) electrons. The van der Waals surface area contributed by atoms with E-state index in [2.05, 4.69) is 9.98 Å². The Morgan fingerprint density at radius 1 is 1.85 bits per heavy atom. The van der Waals surface area contributed by atoms with E-state index in [4.69, 9.17) is 10.9 Å². The molecule has 0 fully saturated rings. The average Bonchev–Trinajstić information content (AvgIpc) is 2.52. The third-order valence-corrected chi connectivity index (χ3v) is 1.65. The number of aromatic nitrogens is 2. The predicted molar refractivity (Wildman–Crippen MR) is 48.3 cm³/mol. The van der Waals surface area contributed by atoms with E-state index in [0.29, 0.717) is 13.0 Å². The summed E-state index contributed by atoms with van der Waals surface area (Å²) in [6, 6.07) is 0. The topological polar surface area (TPSA) is 88.5 Å². The summed E-state index contributed by atoms with van der Waals surface area (Å²) in [4.78, 5) is 7.95. The third kappa shape index (κ3) is 2.75. The summed E-state index contributed by atoms with van der Waals surface area (Å²) >= 11 is 0. The van der Waals surface area contributed by atoms with Crippen LogP contribution in [0.15, 0.2) is 17.4 Å². The Morgan fingerprint density at radius 2 is 2.62 bits per heavy atom. The molecule has 0 saturated heterocycles. The Kier molecular flexibility index (Phi) is 3.27.